The zero-order valence-electron chi connectivity index (χ0n) is 13.5. The molecule has 1 atom stereocenters. The molecule has 1 fully saturated rings. The zero-order chi connectivity index (χ0) is 16.8. The fraction of sp³-hybridized carbons (Fsp3) is 0.278. The number of anilines is 1. The molecule has 7 heteroatoms. The van der Waals surface area contributed by atoms with Gasteiger partial charge in [0.2, 0.25) is 5.91 Å². The number of rotatable bonds is 5. The maximum absolute atomic E-state index is 12.2. The van der Waals surface area contributed by atoms with Gasteiger partial charge in [-0.3, -0.25) is 4.79 Å². The van der Waals surface area contributed by atoms with Crippen LogP contribution in [0.5, 0.6) is 0 Å². The van der Waals surface area contributed by atoms with Crippen LogP contribution in [0, 0.1) is 0 Å². The lowest BCUT2D eigenvalue weighted by molar-refractivity contribution is -0.117. The van der Waals surface area contributed by atoms with Crippen LogP contribution in [-0.2, 0) is 9.53 Å². The third-order valence-electron chi connectivity index (χ3n) is 3.60. The first kappa shape index (κ1) is 20.1. The van der Waals surface area contributed by atoms with Gasteiger partial charge < -0.3 is 15.4 Å². The Bertz CT molecular complexity index is 692. The Labute approximate surface area is 163 Å². The fourth-order valence-electron chi connectivity index (χ4n) is 2.46. The summed E-state index contributed by atoms with van der Waals surface area (Å²) in [5.74, 6) is -0.00774. The molecule has 0 aliphatic carbocycles. The summed E-state index contributed by atoms with van der Waals surface area (Å²) in [5, 5.41) is 6.96. The lowest BCUT2D eigenvalue weighted by atomic mass is 10.2. The lowest BCUT2D eigenvalue weighted by Gasteiger charge is -2.23. The maximum Gasteiger partial charge on any atom is 0.226 e. The van der Waals surface area contributed by atoms with Gasteiger partial charge in [0, 0.05) is 39.5 Å². The molecule has 0 saturated carbocycles. The van der Waals surface area contributed by atoms with E-state index >= 15 is 0 Å². The van der Waals surface area contributed by atoms with Crippen molar-refractivity contribution >= 4 is 47.4 Å². The summed E-state index contributed by atoms with van der Waals surface area (Å²) in [4.78, 5) is 14.3. The Morgan fingerprint density at radius 2 is 2.04 bits per heavy atom. The summed E-state index contributed by atoms with van der Waals surface area (Å²) in [6, 6.07) is 15.6. The number of hydrogen-bond acceptors (Lipinski definition) is 4. The second-order valence-corrected chi connectivity index (χ2v) is 7.15. The van der Waals surface area contributed by atoms with E-state index in [1.807, 2.05) is 48.5 Å². The highest BCUT2D eigenvalue weighted by Crippen LogP contribution is 2.30. The number of carbonyl (C=O) groups is 1. The quantitative estimate of drug-likeness (QED) is 0.790. The molecule has 134 valence electrons. The van der Waals surface area contributed by atoms with Crippen molar-refractivity contribution in [2.75, 3.05) is 25.1 Å². The minimum atomic E-state index is -0.00774. The molecule has 1 aliphatic heterocycles. The van der Waals surface area contributed by atoms with E-state index in [-0.39, 0.29) is 24.4 Å². The van der Waals surface area contributed by atoms with Gasteiger partial charge in [-0.05, 0) is 42.5 Å². The molecule has 1 aliphatic rings. The standard InChI is InChI=1S/C18H19ClN2O2S.ClH/c19-13-4-6-16(7-5-13)24-17-3-1-2-14(10-17)21-18(22)11-15-12-23-9-8-20-15;/h1-7,10,15,20H,8-9,11-12H2,(H,21,22);1H. The minimum Gasteiger partial charge on any atom is -0.378 e. The number of morpholine rings is 1. The van der Waals surface area contributed by atoms with E-state index in [0.29, 0.717) is 19.6 Å². The summed E-state index contributed by atoms with van der Waals surface area (Å²) < 4.78 is 5.37. The monoisotopic (exact) mass is 398 g/mol. The molecule has 1 saturated heterocycles. The van der Waals surface area contributed by atoms with Gasteiger partial charge in [-0.2, -0.15) is 0 Å². The molecule has 1 heterocycles. The highest BCUT2D eigenvalue weighted by molar-refractivity contribution is 7.99. The molecular weight excluding hydrogens is 379 g/mol. The van der Waals surface area contributed by atoms with E-state index in [4.69, 9.17) is 16.3 Å². The first-order valence-electron chi connectivity index (χ1n) is 7.83. The second kappa shape index (κ2) is 10.0. The summed E-state index contributed by atoms with van der Waals surface area (Å²) in [5.41, 5.74) is 0.802. The third kappa shape index (κ3) is 6.53. The Kier molecular flexibility index (Phi) is 8.06. The number of halogens is 2. The number of carbonyl (C=O) groups excluding carboxylic acids is 1. The molecule has 1 amide bonds. The summed E-state index contributed by atoms with van der Waals surface area (Å²) in [6.45, 7) is 2.09. The molecule has 0 aromatic heterocycles. The SMILES string of the molecule is Cl.O=C(CC1COCCN1)Nc1cccc(Sc2ccc(Cl)cc2)c1. The van der Waals surface area contributed by atoms with E-state index < -0.39 is 0 Å². The number of hydrogen-bond donors (Lipinski definition) is 2. The molecular formula is C18H20Cl2N2O2S. The topological polar surface area (TPSA) is 50.4 Å². The molecule has 0 bridgehead atoms. The van der Waals surface area contributed by atoms with Crippen molar-refractivity contribution < 1.29 is 9.53 Å². The predicted molar refractivity (Wildman–Crippen MR) is 105 cm³/mol. The molecule has 2 aromatic carbocycles. The molecule has 2 N–H and O–H groups in total. The molecule has 1 unspecified atom stereocenters. The van der Waals surface area contributed by atoms with Gasteiger partial charge in [-0.15, -0.1) is 12.4 Å². The normalized spacial score (nSPS) is 16.8. The first-order valence-corrected chi connectivity index (χ1v) is 9.03. The summed E-state index contributed by atoms with van der Waals surface area (Å²) in [6.07, 6.45) is 0.411. The van der Waals surface area contributed by atoms with Gasteiger partial charge in [0.25, 0.3) is 0 Å². The van der Waals surface area contributed by atoms with Crippen molar-refractivity contribution in [2.45, 2.75) is 22.3 Å². The van der Waals surface area contributed by atoms with Gasteiger partial charge in [-0.25, -0.2) is 0 Å². The van der Waals surface area contributed by atoms with E-state index in [9.17, 15) is 4.79 Å². The Morgan fingerprint density at radius 1 is 1.24 bits per heavy atom. The van der Waals surface area contributed by atoms with Gasteiger partial charge in [0.1, 0.15) is 0 Å². The number of amides is 1. The lowest BCUT2D eigenvalue weighted by Crippen LogP contribution is -2.43. The Hall–Kier alpha value is -1.24. The fourth-order valence-corrected chi connectivity index (χ4v) is 3.47. The molecule has 4 nitrogen and oxygen atoms in total. The van der Waals surface area contributed by atoms with E-state index in [1.54, 1.807) is 11.8 Å². The molecule has 25 heavy (non-hydrogen) atoms. The molecule has 2 aromatic rings. The Balaban J connectivity index is 0.00000225. The van der Waals surface area contributed by atoms with Crippen LogP contribution in [0.15, 0.2) is 58.3 Å². The van der Waals surface area contributed by atoms with Crippen LogP contribution in [0.3, 0.4) is 0 Å². The van der Waals surface area contributed by atoms with Gasteiger partial charge >= 0.3 is 0 Å². The minimum absolute atomic E-state index is 0. The van der Waals surface area contributed by atoms with E-state index in [0.717, 1.165) is 27.0 Å². The van der Waals surface area contributed by atoms with Crippen LogP contribution in [0.4, 0.5) is 5.69 Å². The summed E-state index contributed by atoms with van der Waals surface area (Å²) in [7, 11) is 0. The van der Waals surface area contributed by atoms with E-state index in [1.165, 1.54) is 0 Å². The third-order valence-corrected chi connectivity index (χ3v) is 4.85. The molecule has 0 radical (unpaired) electrons. The second-order valence-electron chi connectivity index (χ2n) is 5.56. The zero-order valence-corrected chi connectivity index (χ0v) is 15.9. The number of benzene rings is 2. The highest BCUT2D eigenvalue weighted by Gasteiger charge is 2.16. The van der Waals surface area contributed by atoms with Crippen LogP contribution in [0.2, 0.25) is 5.02 Å². The average molecular weight is 399 g/mol. The van der Waals surface area contributed by atoms with Crippen LogP contribution >= 0.6 is 35.8 Å². The largest absolute Gasteiger partial charge is 0.378 e. The van der Waals surface area contributed by atoms with Crippen molar-refractivity contribution in [1.29, 1.82) is 0 Å². The van der Waals surface area contributed by atoms with Crippen LogP contribution in [-0.4, -0.2) is 31.7 Å². The van der Waals surface area contributed by atoms with Crippen LogP contribution in [0.1, 0.15) is 6.42 Å². The van der Waals surface area contributed by atoms with Crippen molar-refractivity contribution in [3.63, 3.8) is 0 Å². The molecule has 0 spiro atoms. The van der Waals surface area contributed by atoms with Crippen molar-refractivity contribution in [3.05, 3.63) is 53.6 Å². The van der Waals surface area contributed by atoms with Crippen LogP contribution in [0.25, 0.3) is 0 Å². The van der Waals surface area contributed by atoms with E-state index in [2.05, 4.69) is 10.6 Å². The number of nitrogens with one attached hydrogen (secondary N) is 2. The van der Waals surface area contributed by atoms with Gasteiger partial charge in [0.05, 0.1) is 13.2 Å². The average Bonchev–Trinajstić information content (AvgIpc) is 2.58. The molecule has 3 rings (SSSR count). The smallest absolute Gasteiger partial charge is 0.226 e. The summed E-state index contributed by atoms with van der Waals surface area (Å²) >= 11 is 7.54. The number of ether oxygens (including phenoxy) is 1. The maximum atomic E-state index is 12.2. The predicted octanol–water partition coefficient (Wildman–Crippen LogP) is 4.23. The Morgan fingerprint density at radius 3 is 2.76 bits per heavy atom. The van der Waals surface area contributed by atoms with Crippen molar-refractivity contribution in [1.82, 2.24) is 5.32 Å². The van der Waals surface area contributed by atoms with Crippen molar-refractivity contribution in [3.8, 4) is 0 Å². The highest BCUT2D eigenvalue weighted by atomic mass is 35.5. The van der Waals surface area contributed by atoms with Crippen LogP contribution < -0.4 is 10.6 Å². The van der Waals surface area contributed by atoms with Gasteiger partial charge in [0.15, 0.2) is 0 Å². The van der Waals surface area contributed by atoms with Crippen molar-refractivity contribution in [2.24, 2.45) is 0 Å². The first-order chi connectivity index (χ1) is 11.7. The van der Waals surface area contributed by atoms with Gasteiger partial charge in [-0.1, -0.05) is 29.4 Å².